The summed E-state index contributed by atoms with van der Waals surface area (Å²) in [5, 5.41) is 2.47. The number of rotatable bonds is 4. The summed E-state index contributed by atoms with van der Waals surface area (Å²) in [6.07, 6.45) is 4.46. The van der Waals surface area contributed by atoms with Crippen LogP contribution in [0.2, 0.25) is 0 Å². The molecule has 1 nitrogen and oxygen atoms in total. The second-order valence-electron chi connectivity index (χ2n) is 6.36. The van der Waals surface area contributed by atoms with Crippen LogP contribution in [0.15, 0.2) is 49.1 Å². The summed E-state index contributed by atoms with van der Waals surface area (Å²) in [4.78, 5) is 0. The van der Waals surface area contributed by atoms with Gasteiger partial charge in [0, 0.05) is 5.39 Å². The van der Waals surface area contributed by atoms with Gasteiger partial charge in [-0.2, -0.15) is 0 Å². The van der Waals surface area contributed by atoms with Crippen molar-refractivity contribution >= 4 is 10.8 Å². The summed E-state index contributed by atoms with van der Waals surface area (Å²) in [6.45, 7) is 9.11. The first-order chi connectivity index (χ1) is 10.2. The molecule has 0 saturated heterocycles. The molecular formula is C20H24O. The minimum Gasteiger partial charge on any atom is -0.489 e. The largest absolute Gasteiger partial charge is 0.489 e. The molecule has 110 valence electrons. The number of hydrogen-bond donors (Lipinski definition) is 0. The highest BCUT2D eigenvalue weighted by Gasteiger charge is 2.33. The Balaban J connectivity index is 2.14. The molecule has 0 amide bonds. The van der Waals surface area contributed by atoms with Crippen molar-refractivity contribution in [3.8, 4) is 5.75 Å². The van der Waals surface area contributed by atoms with Crippen LogP contribution in [0, 0.1) is 11.8 Å². The van der Waals surface area contributed by atoms with Crippen molar-refractivity contribution in [3.63, 3.8) is 0 Å². The Morgan fingerprint density at radius 3 is 2.52 bits per heavy atom. The van der Waals surface area contributed by atoms with Crippen LogP contribution in [0.3, 0.4) is 0 Å². The van der Waals surface area contributed by atoms with Crippen molar-refractivity contribution in [1.82, 2.24) is 0 Å². The van der Waals surface area contributed by atoms with Gasteiger partial charge in [0.25, 0.3) is 0 Å². The van der Waals surface area contributed by atoms with Gasteiger partial charge in [0.2, 0.25) is 0 Å². The van der Waals surface area contributed by atoms with E-state index in [4.69, 9.17) is 4.74 Å². The van der Waals surface area contributed by atoms with Gasteiger partial charge < -0.3 is 4.74 Å². The van der Waals surface area contributed by atoms with Gasteiger partial charge in [-0.3, -0.25) is 0 Å². The number of hydrogen-bond acceptors (Lipinski definition) is 1. The van der Waals surface area contributed by atoms with Crippen LogP contribution < -0.4 is 4.74 Å². The van der Waals surface area contributed by atoms with Crippen LogP contribution in [0.5, 0.6) is 5.75 Å². The molecule has 1 aliphatic carbocycles. The standard InChI is InChI=1S/C20H24O/c1-4-13-21-20-17-8-6-5-7-16(17)11-12-18(20)19-14(2)9-10-15(19)3/h4-8,11-12,14-15,19H,1,9-10,13H2,2-3H3. The van der Waals surface area contributed by atoms with Gasteiger partial charge in [-0.1, -0.05) is 62.9 Å². The van der Waals surface area contributed by atoms with Crippen LogP contribution in [0.1, 0.15) is 38.2 Å². The van der Waals surface area contributed by atoms with Crippen molar-refractivity contribution in [1.29, 1.82) is 0 Å². The van der Waals surface area contributed by atoms with Crippen LogP contribution in [-0.4, -0.2) is 6.61 Å². The second-order valence-corrected chi connectivity index (χ2v) is 6.36. The minimum atomic E-state index is 0.566. The highest BCUT2D eigenvalue weighted by atomic mass is 16.5. The van der Waals surface area contributed by atoms with Crippen molar-refractivity contribution in [2.75, 3.05) is 6.61 Å². The van der Waals surface area contributed by atoms with Crippen LogP contribution >= 0.6 is 0 Å². The smallest absolute Gasteiger partial charge is 0.131 e. The summed E-state index contributed by atoms with van der Waals surface area (Å²) in [5.74, 6) is 3.13. The third kappa shape index (κ3) is 2.57. The monoisotopic (exact) mass is 280 g/mol. The highest BCUT2D eigenvalue weighted by molar-refractivity contribution is 5.89. The zero-order valence-electron chi connectivity index (χ0n) is 13.0. The zero-order chi connectivity index (χ0) is 14.8. The Morgan fingerprint density at radius 2 is 1.81 bits per heavy atom. The third-order valence-corrected chi connectivity index (χ3v) is 4.92. The molecule has 1 aliphatic rings. The van der Waals surface area contributed by atoms with Gasteiger partial charge in [-0.25, -0.2) is 0 Å². The average molecular weight is 280 g/mol. The quantitative estimate of drug-likeness (QED) is 0.667. The van der Waals surface area contributed by atoms with E-state index in [1.807, 2.05) is 6.08 Å². The van der Waals surface area contributed by atoms with E-state index in [2.05, 4.69) is 56.8 Å². The molecule has 3 rings (SSSR count). The van der Waals surface area contributed by atoms with Crippen LogP contribution in [0.25, 0.3) is 10.8 Å². The van der Waals surface area contributed by atoms with E-state index < -0.39 is 0 Å². The Morgan fingerprint density at radius 1 is 1.10 bits per heavy atom. The van der Waals surface area contributed by atoms with E-state index >= 15 is 0 Å². The maximum atomic E-state index is 6.09. The Kier molecular flexibility index (Phi) is 4.01. The van der Waals surface area contributed by atoms with E-state index in [9.17, 15) is 0 Å². The van der Waals surface area contributed by atoms with Gasteiger partial charge in [0.1, 0.15) is 12.4 Å². The van der Waals surface area contributed by atoms with Gasteiger partial charge in [0.15, 0.2) is 0 Å². The summed E-state index contributed by atoms with van der Waals surface area (Å²) < 4.78 is 6.09. The third-order valence-electron chi connectivity index (χ3n) is 4.92. The summed E-state index contributed by atoms with van der Waals surface area (Å²) in [7, 11) is 0. The fourth-order valence-corrected chi connectivity index (χ4v) is 3.88. The van der Waals surface area contributed by atoms with Crippen LogP contribution in [0.4, 0.5) is 0 Å². The number of ether oxygens (including phenoxy) is 1. The first kappa shape index (κ1) is 14.2. The molecule has 1 heteroatoms. The van der Waals surface area contributed by atoms with Gasteiger partial charge in [-0.15, -0.1) is 0 Å². The molecule has 0 heterocycles. The first-order valence-electron chi connectivity index (χ1n) is 7.97. The minimum absolute atomic E-state index is 0.566. The van der Waals surface area contributed by atoms with Gasteiger partial charge in [-0.05, 0) is 41.5 Å². The Bertz CT molecular complexity index is 633. The molecule has 0 bridgehead atoms. The molecule has 2 aromatic rings. The fraction of sp³-hybridized carbons (Fsp3) is 0.400. The van der Waals surface area contributed by atoms with Crippen molar-refractivity contribution in [2.24, 2.45) is 11.8 Å². The molecule has 2 aromatic carbocycles. The summed E-state index contributed by atoms with van der Waals surface area (Å²) in [5.41, 5.74) is 1.38. The fourth-order valence-electron chi connectivity index (χ4n) is 3.88. The van der Waals surface area contributed by atoms with E-state index in [1.165, 1.54) is 29.2 Å². The van der Waals surface area contributed by atoms with Crippen molar-refractivity contribution in [3.05, 3.63) is 54.6 Å². The molecule has 0 aromatic heterocycles. The second kappa shape index (κ2) is 5.93. The highest BCUT2D eigenvalue weighted by Crippen LogP contribution is 2.48. The topological polar surface area (TPSA) is 9.23 Å². The Labute approximate surface area is 127 Å². The molecule has 21 heavy (non-hydrogen) atoms. The maximum absolute atomic E-state index is 6.09. The molecule has 0 aliphatic heterocycles. The SMILES string of the molecule is C=CCOc1c(C2C(C)CCC2C)ccc2ccccc12. The van der Waals surface area contributed by atoms with Crippen molar-refractivity contribution < 1.29 is 4.74 Å². The molecule has 0 radical (unpaired) electrons. The predicted octanol–water partition coefficient (Wildman–Crippen LogP) is 5.55. The normalized spacial score (nSPS) is 25.1. The summed E-state index contributed by atoms with van der Waals surface area (Å²) in [6, 6.07) is 13.0. The first-order valence-corrected chi connectivity index (χ1v) is 7.97. The van der Waals surface area contributed by atoms with Gasteiger partial charge in [0.05, 0.1) is 0 Å². The van der Waals surface area contributed by atoms with E-state index in [0.29, 0.717) is 12.5 Å². The molecule has 0 N–H and O–H groups in total. The maximum Gasteiger partial charge on any atom is 0.131 e. The molecule has 2 unspecified atom stereocenters. The number of fused-ring (bicyclic) bond motifs is 1. The van der Waals surface area contributed by atoms with Gasteiger partial charge >= 0.3 is 0 Å². The lowest BCUT2D eigenvalue weighted by Gasteiger charge is -2.24. The molecule has 2 atom stereocenters. The lowest BCUT2D eigenvalue weighted by atomic mass is 9.83. The van der Waals surface area contributed by atoms with E-state index in [1.54, 1.807) is 0 Å². The summed E-state index contributed by atoms with van der Waals surface area (Å²) >= 11 is 0. The predicted molar refractivity (Wildman–Crippen MR) is 89.9 cm³/mol. The lowest BCUT2D eigenvalue weighted by Crippen LogP contribution is -2.11. The average Bonchev–Trinajstić information content (AvgIpc) is 2.84. The molecule has 1 fully saturated rings. The van der Waals surface area contributed by atoms with E-state index in [-0.39, 0.29) is 0 Å². The zero-order valence-corrected chi connectivity index (χ0v) is 13.0. The lowest BCUT2D eigenvalue weighted by molar-refractivity contribution is 0.350. The molecular weight excluding hydrogens is 256 g/mol. The molecule has 0 spiro atoms. The van der Waals surface area contributed by atoms with Crippen molar-refractivity contribution in [2.45, 2.75) is 32.6 Å². The van der Waals surface area contributed by atoms with E-state index in [0.717, 1.165) is 17.6 Å². The molecule has 1 saturated carbocycles. The van der Waals surface area contributed by atoms with Crippen LogP contribution in [-0.2, 0) is 0 Å². The Hall–Kier alpha value is -1.76. The number of benzene rings is 2.